The quantitative estimate of drug-likeness (QED) is 0.459. The predicted octanol–water partition coefficient (Wildman–Crippen LogP) is 4.71. The van der Waals surface area contributed by atoms with Crippen molar-refractivity contribution in [3.63, 3.8) is 0 Å². The molecular weight excluding hydrogens is 406 g/mol. The summed E-state index contributed by atoms with van der Waals surface area (Å²) in [5, 5.41) is 8.28. The molecule has 5 rings (SSSR count). The zero-order valence-electron chi connectivity index (χ0n) is 17.7. The number of fused-ring (bicyclic) bond motifs is 1. The Balaban J connectivity index is 1.28. The first-order valence-electron chi connectivity index (χ1n) is 10.2. The number of benzene rings is 3. The maximum Gasteiger partial charge on any atom is 0.253 e. The number of hydrogen-bond donors (Lipinski definition) is 0. The van der Waals surface area contributed by atoms with Gasteiger partial charge in [0.05, 0.1) is 0 Å². The molecule has 0 unspecified atom stereocenters. The number of nitrogens with zero attached hydrogens (tertiary/aromatic N) is 3. The number of ether oxygens (including phenoxy) is 2. The molecule has 0 spiro atoms. The second-order valence-electron chi connectivity index (χ2n) is 7.70. The van der Waals surface area contributed by atoms with E-state index in [0.717, 1.165) is 28.0 Å². The Morgan fingerprint density at radius 3 is 2.19 bits per heavy atom. The van der Waals surface area contributed by atoms with Crippen LogP contribution in [0.25, 0.3) is 22.9 Å². The van der Waals surface area contributed by atoms with Gasteiger partial charge in [0.2, 0.25) is 18.6 Å². The van der Waals surface area contributed by atoms with Crippen LogP contribution in [0.1, 0.15) is 21.5 Å². The zero-order valence-corrected chi connectivity index (χ0v) is 17.7. The molecule has 0 aliphatic carbocycles. The first-order valence-corrected chi connectivity index (χ1v) is 10.2. The maximum atomic E-state index is 12.9. The van der Waals surface area contributed by atoms with Crippen LogP contribution >= 0.6 is 0 Å². The molecule has 160 valence electrons. The monoisotopic (exact) mass is 427 g/mol. The van der Waals surface area contributed by atoms with Gasteiger partial charge in [0.1, 0.15) is 0 Å². The molecule has 0 radical (unpaired) electrons. The average Bonchev–Trinajstić information content (AvgIpc) is 3.49. The third-order valence-electron chi connectivity index (χ3n) is 5.31. The smallest absolute Gasteiger partial charge is 0.253 e. The Bertz CT molecular complexity index is 1260. The summed E-state index contributed by atoms with van der Waals surface area (Å²) in [6.45, 7) is 2.71. The SMILES string of the molecule is Cc1ccc(-c2nnc(-c3ccc(C(=O)N(C)Cc4ccc5c(c4)OCO5)cc3)o2)cc1. The van der Waals surface area contributed by atoms with Gasteiger partial charge in [-0.05, 0) is 61.0 Å². The Morgan fingerprint density at radius 2 is 1.50 bits per heavy atom. The Kier molecular flexibility index (Phi) is 5.07. The van der Waals surface area contributed by atoms with Gasteiger partial charge in [-0.2, -0.15) is 0 Å². The van der Waals surface area contributed by atoms with Gasteiger partial charge >= 0.3 is 0 Å². The lowest BCUT2D eigenvalue weighted by molar-refractivity contribution is 0.0785. The minimum atomic E-state index is -0.0832. The van der Waals surface area contributed by atoms with Crippen LogP contribution in [0.4, 0.5) is 0 Å². The van der Waals surface area contributed by atoms with Crippen molar-refractivity contribution >= 4 is 5.91 Å². The molecule has 2 heterocycles. The van der Waals surface area contributed by atoms with Crippen molar-refractivity contribution in [1.82, 2.24) is 15.1 Å². The average molecular weight is 427 g/mol. The molecular formula is C25H21N3O4. The molecule has 1 aliphatic heterocycles. The normalized spacial score (nSPS) is 12.1. The fourth-order valence-corrected chi connectivity index (χ4v) is 3.51. The molecule has 32 heavy (non-hydrogen) atoms. The van der Waals surface area contributed by atoms with Crippen LogP contribution in [0.5, 0.6) is 11.5 Å². The summed E-state index contributed by atoms with van der Waals surface area (Å²) in [4.78, 5) is 14.5. The lowest BCUT2D eigenvalue weighted by atomic mass is 10.1. The van der Waals surface area contributed by atoms with Crippen molar-refractivity contribution in [2.45, 2.75) is 13.5 Å². The highest BCUT2D eigenvalue weighted by atomic mass is 16.7. The van der Waals surface area contributed by atoms with Crippen LogP contribution in [0.3, 0.4) is 0 Å². The van der Waals surface area contributed by atoms with E-state index in [1.54, 1.807) is 24.1 Å². The number of carbonyl (C=O) groups is 1. The van der Waals surface area contributed by atoms with Crippen LogP contribution < -0.4 is 9.47 Å². The number of amides is 1. The van der Waals surface area contributed by atoms with Gasteiger partial charge in [-0.25, -0.2) is 0 Å². The van der Waals surface area contributed by atoms with E-state index in [4.69, 9.17) is 13.9 Å². The zero-order chi connectivity index (χ0) is 22.1. The first-order chi connectivity index (χ1) is 15.6. The summed E-state index contributed by atoms with van der Waals surface area (Å²) < 4.78 is 16.6. The van der Waals surface area contributed by atoms with E-state index in [1.165, 1.54) is 0 Å². The minimum absolute atomic E-state index is 0.0832. The van der Waals surface area contributed by atoms with Gasteiger partial charge in [0.15, 0.2) is 11.5 Å². The van der Waals surface area contributed by atoms with Gasteiger partial charge in [-0.15, -0.1) is 10.2 Å². The second-order valence-corrected chi connectivity index (χ2v) is 7.70. The standard InChI is InChI=1S/C25H21N3O4/c1-16-3-6-18(7-4-16)23-26-27-24(32-23)19-8-10-20(11-9-19)25(29)28(2)14-17-5-12-21-22(13-17)31-15-30-21/h3-13H,14-15H2,1-2H3. The van der Waals surface area contributed by atoms with Crippen LogP contribution in [-0.2, 0) is 6.54 Å². The minimum Gasteiger partial charge on any atom is -0.454 e. The summed E-state index contributed by atoms with van der Waals surface area (Å²) >= 11 is 0. The van der Waals surface area contributed by atoms with Crippen molar-refractivity contribution in [2.75, 3.05) is 13.8 Å². The summed E-state index contributed by atoms with van der Waals surface area (Å²) in [6, 6.07) is 20.8. The Labute approximate surface area is 185 Å². The number of aromatic nitrogens is 2. The number of hydrogen-bond acceptors (Lipinski definition) is 6. The molecule has 0 saturated heterocycles. The van der Waals surface area contributed by atoms with Gasteiger partial charge in [0.25, 0.3) is 5.91 Å². The molecule has 0 bridgehead atoms. The first kappa shape index (κ1) is 19.8. The molecule has 0 saturated carbocycles. The fourth-order valence-electron chi connectivity index (χ4n) is 3.51. The fraction of sp³-hybridized carbons (Fsp3) is 0.160. The van der Waals surface area contributed by atoms with Crippen molar-refractivity contribution in [2.24, 2.45) is 0 Å². The van der Waals surface area contributed by atoms with E-state index in [0.29, 0.717) is 29.6 Å². The van der Waals surface area contributed by atoms with Crippen LogP contribution in [0, 0.1) is 6.92 Å². The molecule has 4 aromatic rings. The predicted molar refractivity (Wildman–Crippen MR) is 118 cm³/mol. The van der Waals surface area contributed by atoms with Crippen molar-refractivity contribution < 1.29 is 18.7 Å². The third kappa shape index (κ3) is 3.92. The van der Waals surface area contributed by atoms with Gasteiger partial charge in [-0.3, -0.25) is 4.79 Å². The summed E-state index contributed by atoms with van der Waals surface area (Å²) in [6.07, 6.45) is 0. The van der Waals surface area contributed by atoms with Gasteiger partial charge in [0, 0.05) is 30.3 Å². The van der Waals surface area contributed by atoms with E-state index in [-0.39, 0.29) is 12.7 Å². The number of rotatable bonds is 5. The van der Waals surface area contributed by atoms with Crippen molar-refractivity contribution in [1.29, 1.82) is 0 Å². The molecule has 0 atom stereocenters. The van der Waals surface area contributed by atoms with Crippen LogP contribution in [0.15, 0.2) is 71.1 Å². The lowest BCUT2D eigenvalue weighted by Crippen LogP contribution is -2.26. The number of aryl methyl sites for hydroxylation is 1. The van der Waals surface area contributed by atoms with Crippen LogP contribution in [0.2, 0.25) is 0 Å². The number of carbonyl (C=O) groups excluding carboxylic acids is 1. The lowest BCUT2D eigenvalue weighted by Gasteiger charge is -2.17. The summed E-state index contributed by atoms with van der Waals surface area (Å²) in [5.74, 6) is 2.22. The maximum absolute atomic E-state index is 12.9. The van der Waals surface area contributed by atoms with E-state index in [9.17, 15) is 4.79 Å². The van der Waals surface area contributed by atoms with E-state index in [2.05, 4.69) is 10.2 Å². The highest BCUT2D eigenvalue weighted by Crippen LogP contribution is 2.33. The highest BCUT2D eigenvalue weighted by Gasteiger charge is 2.17. The van der Waals surface area contributed by atoms with E-state index >= 15 is 0 Å². The topological polar surface area (TPSA) is 77.7 Å². The molecule has 0 fully saturated rings. The van der Waals surface area contributed by atoms with Crippen molar-refractivity contribution in [3.8, 4) is 34.4 Å². The molecule has 7 nitrogen and oxygen atoms in total. The second kappa shape index (κ2) is 8.19. The van der Waals surface area contributed by atoms with Gasteiger partial charge in [-0.1, -0.05) is 23.8 Å². The van der Waals surface area contributed by atoms with E-state index in [1.807, 2.05) is 61.5 Å². The summed E-state index contributed by atoms with van der Waals surface area (Å²) in [5.41, 5.74) is 4.33. The Hall–Kier alpha value is -4.13. The highest BCUT2D eigenvalue weighted by molar-refractivity contribution is 5.94. The molecule has 1 aliphatic rings. The van der Waals surface area contributed by atoms with E-state index < -0.39 is 0 Å². The van der Waals surface area contributed by atoms with Crippen LogP contribution in [-0.4, -0.2) is 34.8 Å². The van der Waals surface area contributed by atoms with Gasteiger partial charge < -0.3 is 18.8 Å². The molecule has 3 aromatic carbocycles. The molecule has 1 amide bonds. The molecule has 1 aromatic heterocycles. The van der Waals surface area contributed by atoms with Crippen molar-refractivity contribution in [3.05, 3.63) is 83.4 Å². The largest absolute Gasteiger partial charge is 0.454 e. The summed E-state index contributed by atoms with van der Waals surface area (Å²) in [7, 11) is 1.77. The molecule has 7 heteroatoms. The molecule has 0 N–H and O–H groups in total. The Morgan fingerprint density at radius 1 is 0.875 bits per heavy atom. The third-order valence-corrected chi connectivity index (χ3v) is 5.31.